The largest absolute Gasteiger partial charge is 0.319 e. The van der Waals surface area contributed by atoms with E-state index >= 15 is 0 Å². The number of aromatic amines is 1. The van der Waals surface area contributed by atoms with Gasteiger partial charge in [-0.1, -0.05) is 41.1 Å². The Morgan fingerprint density at radius 3 is 2.74 bits per heavy atom. The van der Waals surface area contributed by atoms with Gasteiger partial charge in [-0.25, -0.2) is 9.37 Å². The van der Waals surface area contributed by atoms with Crippen LogP contribution in [0.1, 0.15) is 18.2 Å². The summed E-state index contributed by atoms with van der Waals surface area (Å²) in [6.45, 7) is 3.10. The number of anilines is 2. The normalized spacial score (nSPS) is 12.0. The molecule has 1 unspecified atom stereocenters. The van der Waals surface area contributed by atoms with E-state index in [1.54, 1.807) is 47.6 Å². The highest BCUT2D eigenvalue weighted by atomic mass is 35.5. The molecule has 0 aliphatic rings. The molecule has 12 heteroatoms. The molecule has 0 radical (unpaired) electrons. The van der Waals surface area contributed by atoms with Gasteiger partial charge in [0.05, 0.1) is 17.8 Å². The van der Waals surface area contributed by atoms with Crippen LogP contribution in [0.2, 0.25) is 5.02 Å². The second-order valence-electron chi connectivity index (χ2n) is 7.57. The van der Waals surface area contributed by atoms with E-state index in [0.717, 1.165) is 11.3 Å². The average Bonchev–Trinajstić information content (AvgIpc) is 3.12. The summed E-state index contributed by atoms with van der Waals surface area (Å²) in [5.74, 6) is -0.847. The van der Waals surface area contributed by atoms with Gasteiger partial charge < -0.3 is 14.6 Å². The van der Waals surface area contributed by atoms with Crippen LogP contribution in [0.15, 0.2) is 57.5 Å². The van der Waals surface area contributed by atoms with Crippen molar-refractivity contribution >= 4 is 68.7 Å². The first-order chi connectivity index (χ1) is 16.1. The zero-order chi connectivity index (χ0) is 24.6. The first kappa shape index (κ1) is 24.5. The molecule has 0 saturated heterocycles. The molecule has 2 aromatic carbocycles. The standard InChI is InChI=1S/C22H21ClFN4O3PS2/c1-12-21(33-22(25-12)26-13(2)29)34(31,32)28(16-6-3-5-15(23)10-16)11-14-9-19(30)27-20-17(14)7-4-8-18(20)24/h3-10,34H,11,32H2,1-2H3,(H,27,30)(H,25,26,29). The molecular weight excluding hydrogens is 518 g/mol. The number of carbonyl (C=O) groups is 1. The third-order valence-corrected chi connectivity index (χ3v) is 11.4. The number of nitrogens with one attached hydrogen (secondary N) is 2. The molecule has 2 N–H and O–H groups in total. The van der Waals surface area contributed by atoms with Crippen LogP contribution in [0.5, 0.6) is 0 Å². The minimum atomic E-state index is -3.44. The van der Waals surface area contributed by atoms with E-state index in [-0.39, 0.29) is 18.0 Å². The van der Waals surface area contributed by atoms with E-state index in [4.69, 9.17) is 11.6 Å². The topological polar surface area (TPSA) is 95.2 Å². The maximum absolute atomic E-state index is 14.4. The molecule has 0 spiro atoms. The van der Waals surface area contributed by atoms with Gasteiger partial charge in [0.1, 0.15) is 10.0 Å². The monoisotopic (exact) mass is 538 g/mol. The third kappa shape index (κ3) is 4.90. The number of benzene rings is 2. The van der Waals surface area contributed by atoms with E-state index in [9.17, 15) is 18.2 Å². The van der Waals surface area contributed by atoms with Gasteiger partial charge in [0, 0.05) is 38.8 Å². The fraction of sp³-hybridized carbons (Fsp3) is 0.136. The number of halogens is 2. The van der Waals surface area contributed by atoms with Crippen LogP contribution in [0, 0.1) is 12.7 Å². The van der Waals surface area contributed by atoms with E-state index in [2.05, 4.69) is 23.7 Å². The summed E-state index contributed by atoms with van der Waals surface area (Å²) in [6.07, 6.45) is 0. The summed E-state index contributed by atoms with van der Waals surface area (Å²) < 4.78 is 30.9. The Morgan fingerprint density at radius 2 is 2.03 bits per heavy atom. The highest BCUT2D eigenvalue weighted by Crippen LogP contribution is 2.42. The van der Waals surface area contributed by atoms with Crippen molar-refractivity contribution in [2.45, 2.75) is 24.6 Å². The summed E-state index contributed by atoms with van der Waals surface area (Å²) in [4.78, 5) is 30.7. The SMILES string of the molecule is CC(=O)Nc1nc(C)c([SH](=O)(P)N(Cc2cc(=O)[nH]c3c(F)cccc23)c2cccc(Cl)c2)s1. The van der Waals surface area contributed by atoms with Gasteiger partial charge in [-0.05, 0) is 45.2 Å². The minimum Gasteiger partial charge on any atom is -0.319 e. The molecule has 7 nitrogen and oxygen atoms in total. The van der Waals surface area contributed by atoms with Crippen molar-refractivity contribution in [1.82, 2.24) is 9.97 Å². The lowest BCUT2D eigenvalue weighted by Gasteiger charge is -2.35. The number of pyridine rings is 1. The molecule has 4 rings (SSSR count). The fourth-order valence-corrected chi connectivity index (χ4v) is 8.87. The zero-order valence-corrected chi connectivity index (χ0v) is 21.8. The van der Waals surface area contributed by atoms with Crippen molar-refractivity contribution in [3.8, 4) is 0 Å². The van der Waals surface area contributed by atoms with Crippen LogP contribution >= 0.6 is 31.4 Å². The predicted molar refractivity (Wildman–Crippen MR) is 141 cm³/mol. The molecule has 0 bridgehead atoms. The molecular formula is C22H21ClFN4O3PS2. The maximum atomic E-state index is 14.4. The molecule has 1 amide bonds. The highest BCUT2D eigenvalue weighted by Gasteiger charge is 2.28. The number of aryl methyl sites for hydroxylation is 1. The quantitative estimate of drug-likeness (QED) is 0.242. The van der Waals surface area contributed by atoms with E-state index in [1.807, 2.05) is 0 Å². The van der Waals surface area contributed by atoms with Crippen molar-refractivity contribution < 1.29 is 13.4 Å². The number of amides is 1. The Labute approximate surface area is 206 Å². The predicted octanol–water partition coefficient (Wildman–Crippen LogP) is 4.83. The molecule has 0 fully saturated rings. The number of H-pyrrole nitrogens is 1. The van der Waals surface area contributed by atoms with Crippen LogP contribution in [0.25, 0.3) is 10.9 Å². The van der Waals surface area contributed by atoms with Crippen molar-refractivity contribution in [3.05, 3.63) is 81.0 Å². The van der Waals surface area contributed by atoms with E-state index in [1.165, 1.54) is 19.1 Å². The fourth-order valence-electron chi connectivity index (χ4n) is 3.61. The molecule has 4 aromatic rings. The molecule has 0 saturated carbocycles. The van der Waals surface area contributed by atoms with Gasteiger partial charge in [0.25, 0.3) is 0 Å². The number of thiol groups is 1. The Hall–Kier alpha value is -2.65. The van der Waals surface area contributed by atoms with Gasteiger partial charge >= 0.3 is 0 Å². The van der Waals surface area contributed by atoms with E-state index < -0.39 is 21.1 Å². The number of hydrogen-bond acceptors (Lipinski definition) is 5. The Bertz CT molecular complexity index is 1520. The summed E-state index contributed by atoms with van der Waals surface area (Å²) in [6, 6.07) is 12.7. The number of carbonyl (C=O) groups excluding carboxylic acids is 1. The van der Waals surface area contributed by atoms with Gasteiger partial charge in [-0.15, -0.1) is 0 Å². The lowest BCUT2D eigenvalue weighted by Crippen LogP contribution is -2.32. The van der Waals surface area contributed by atoms with Gasteiger partial charge in [-0.2, -0.15) is 0 Å². The van der Waals surface area contributed by atoms with Gasteiger partial charge in [0.15, 0.2) is 5.13 Å². The number of rotatable bonds is 6. The average molecular weight is 539 g/mol. The number of fused-ring (bicyclic) bond motifs is 1. The number of aromatic nitrogens is 2. The lowest BCUT2D eigenvalue weighted by molar-refractivity contribution is -0.114. The first-order valence-electron chi connectivity index (χ1n) is 10.0. The summed E-state index contributed by atoms with van der Waals surface area (Å²) in [5.41, 5.74) is 1.14. The van der Waals surface area contributed by atoms with Crippen molar-refractivity contribution in [2.75, 3.05) is 9.62 Å². The van der Waals surface area contributed by atoms with Crippen LogP contribution in [0.3, 0.4) is 0 Å². The van der Waals surface area contributed by atoms with E-state index in [0.29, 0.717) is 36.7 Å². The second-order valence-corrected chi connectivity index (χ2v) is 13.6. The smallest absolute Gasteiger partial charge is 0.248 e. The number of para-hydroxylation sites is 1. The molecule has 2 heterocycles. The van der Waals surface area contributed by atoms with Crippen LogP contribution < -0.4 is 15.2 Å². The summed E-state index contributed by atoms with van der Waals surface area (Å²) >= 11 is 7.35. The van der Waals surface area contributed by atoms with Crippen molar-refractivity contribution in [1.29, 1.82) is 0 Å². The number of thiazole rings is 1. The lowest BCUT2D eigenvalue weighted by atomic mass is 10.1. The van der Waals surface area contributed by atoms with Gasteiger partial charge in [0.2, 0.25) is 11.5 Å². The minimum absolute atomic E-state index is 0.0256. The molecule has 178 valence electrons. The maximum Gasteiger partial charge on any atom is 0.248 e. The summed E-state index contributed by atoms with van der Waals surface area (Å²) in [7, 11) is -1.02. The molecule has 34 heavy (non-hydrogen) atoms. The van der Waals surface area contributed by atoms with Crippen LogP contribution in [0.4, 0.5) is 15.2 Å². The number of nitrogens with zero attached hydrogens (tertiary/aromatic N) is 2. The first-order valence-corrected chi connectivity index (χ1v) is 14.5. The highest BCUT2D eigenvalue weighted by molar-refractivity contribution is 8.46. The van der Waals surface area contributed by atoms with Crippen molar-refractivity contribution in [3.63, 3.8) is 0 Å². The summed E-state index contributed by atoms with van der Waals surface area (Å²) in [5, 5.41) is 3.89. The zero-order valence-electron chi connectivity index (χ0n) is 18.1. The third-order valence-electron chi connectivity index (χ3n) is 5.04. The van der Waals surface area contributed by atoms with Crippen LogP contribution in [-0.4, -0.2) is 20.1 Å². The Kier molecular flexibility index (Phi) is 6.87. The Balaban J connectivity index is 1.89. The molecule has 0 aliphatic carbocycles. The second kappa shape index (κ2) is 9.54. The number of hydrogen-bond donors (Lipinski definition) is 3. The molecule has 1 atom stereocenters. The van der Waals surface area contributed by atoms with Crippen molar-refractivity contribution in [2.24, 2.45) is 0 Å². The molecule has 2 aromatic heterocycles. The van der Waals surface area contributed by atoms with Gasteiger partial charge in [-0.3, -0.25) is 13.8 Å². The molecule has 0 aliphatic heterocycles. The Morgan fingerprint density at radius 1 is 1.29 bits per heavy atom. The van der Waals surface area contributed by atoms with Crippen LogP contribution in [-0.2, 0) is 21.1 Å².